The van der Waals surface area contributed by atoms with E-state index in [1.165, 1.54) is 6.33 Å². The molecule has 0 amide bonds. The van der Waals surface area contributed by atoms with Gasteiger partial charge in [0, 0.05) is 33.7 Å². The number of hydrogen-bond acceptors (Lipinski definition) is 6. The van der Waals surface area contributed by atoms with Crippen LogP contribution in [0, 0.1) is 0 Å². The number of aromatic nitrogens is 4. The fourth-order valence-corrected chi connectivity index (χ4v) is 2.61. The molecule has 2 heterocycles. The molecule has 0 spiro atoms. The fraction of sp³-hybridized carbons (Fsp3) is 0.333. The molecular weight excluding hydrogens is 471 g/mol. The highest BCUT2D eigenvalue weighted by atomic mass is 127. The molecule has 0 saturated heterocycles. The minimum Gasteiger partial charge on any atom is -0.497 e. The number of halogens is 1. The lowest BCUT2D eigenvalue weighted by atomic mass is 10.2. The van der Waals surface area contributed by atoms with Gasteiger partial charge in [-0.1, -0.05) is 12.1 Å². The van der Waals surface area contributed by atoms with Crippen LogP contribution in [-0.2, 0) is 13.6 Å². The van der Waals surface area contributed by atoms with Crippen molar-refractivity contribution in [1.82, 2.24) is 30.4 Å². The molecule has 0 saturated carbocycles. The third-order valence-corrected chi connectivity index (χ3v) is 4.08. The molecule has 0 aliphatic rings. The second-order valence-electron chi connectivity index (χ2n) is 5.86. The van der Waals surface area contributed by atoms with Crippen molar-refractivity contribution in [1.29, 1.82) is 0 Å². The van der Waals surface area contributed by atoms with Crippen LogP contribution in [0.25, 0.3) is 11.0 Å². The molecule has 0 unspecified atom stereocenters. The fourth-order valence-electron chi connectivity index (χ4n) is 2.61. The molecule has 2 aromatic heterocycles. The molecule has 3 aromatic rings. The maximum atomic E-state index is 5.17. The Morgan fingerprint density at radius 1 is 1.14 bits per heavy atom. The van der Waals surface area contributed by atoms with Crippen LogP contribution in [0.5, 0.6) is 5.75 Å². The molecule has 0 aliphatic carbocycles. The van der Waals surface area contributed by atoms with Crippen molar-refractivity contribution in [2.24, 2.45) is 12.0 Å². The number of nitrogens with one attached hydrogen (secondary N) is 3. The van der Waals surface area contributed by atoms with Crippen molar-refractivity contribution in [3.63, 3.8) is 0 Å². The summed E-state index contributed by atoms with van der Waals surface area (Å²) in [4.78, 5) is 12.8. The van der Waals surface area contributed by atoms with Gasteiger partial charge in [-0.3, -0.25) is 9.67 Å². The minimum absolute atomic E-state index is 0. The first-order valence-corrected chi connectivity index (χ1v) is 8.65. The average Bonchev–Trinajstić information content (AvgIpc) is 3.09. The smallest absolute Gasteiger partial charge is 0.191 e. The summed E-state index contributed by atoms with van der Waals surface area (Å²) < 4.78 is 6.90. The van der Waals surface area contributed by atoms with E-state index in [0.717, 1.165) is 34.1 Å². The monoisotopic (exact) mass is 496 g/mol. The minimum atomic E-state index is 0. The summed E-state index contributed by atoms with van der Waals surface area (Å²) in [5, 5.41) is 15.0. The lowest BCUT2D eigenvalue weighted by molar-refractivity contribution is 0.414. The Balaban J connectivity index is 0.00000280. The summed E-state index contributed by atoms with van der Waals surface area (Å²) in [6.45, 7) is 2.05. The van der Waals surface area contributed by atoms with Crippen LogP contribution in [0.1, 0.15) is 5.56 Å². The van der Waals surface area contributed by atoms with Crippen LogP contribution in [0.15, 0.2) is 41.8 Å². The molecule has 9 nitrogen and oxygen atoms in total. The maximum absolute atomic E-state index is 5.17. The first kappa shape index (κ1) is 21.7. The van der Waals surface area contributed by atoms with Crippen molar-refractivity contribution in [2.75, 3.05) is 32.6 Å². The van der Waals surface area contributed by atoms with E-state index in [1.54, 1.807) is 25.0 Å². The molecule has 0 bridgehead atoms. The predicted octanol–water partition coefficient (Wildman–Crippen LogP) is 1.77. The predicted molar refractivity (Wildman–Crippen MR) is 121 cm³/mol. The van der Waals surface area contributed by atoms with Crippen LogP contribution in [0.2, 0.25) is 0 Å². The third-order valence-electron chi connectivity index (χ3n) is 4.08. The largest absolute Gasteiger partial charge is 0.497 e. The van der Waals surface area contributed by atoms with Gasteiger partial charge in [-0.15, -0.1) is 24.0 Å². The van der Waals surface area contributed by atoms with Gasteiger partial charge in [0.25, 0.3) is 0 Å². The van der Waals surface area contributed by atoms with E-state index in [1.807, 2.05) is 31.3 Å². The first-order valence-electron chi connectivity index (χ1n) is 8.65. The number of fused-ring (bicyclic) bond motifs is 1. The lowest BCUT2D eigenvalue weighted by Gasteiger charge is -2.13. The van der Waals surface area contributed by atoms with Gasteiger partial charge < -0.3 is 20.7 Å². The molecule has 150 valence electrons. The molecule has 0 atom stereocenters. The van der Waals surface area contributed by atoms with Crippen molar-refractivity contribution < 1.29 is 4.74 Å². The van der Waals surface area contributed by atoms with Crippen molar-refractivity contribution in [3.05, 3.63) is 42.4 Å². The van der Waals surface area contributed by atoms with Gasteiger partial charge in [-0.25, -0.2) is 9.97 Å². The van der Waals surface area contributed by atoms with E-state index in [4.69, 9.17) is 4.74 Å². The zero-order valence-electron chi connectivity index (χ0n) is 16.1. The van der Waals surface area contributed by atoms with Gasteiger partial charge in [-0.2, -0.15) is 5.10 Å². The van der Waals surface area contributed by atoms with Crippen LogP contribution < -0.4 is 20.7 Å². The van der Waals surface area contributed by atoms with Crippen molar-refractivity contribution in [3.8, 4) is 5.75 Å². The summed E-state index contributed by atoms with van der Waals surface area (Å²) >= 11 is 0. The van der Waals surface area contributed by atoms with Gasteiger partial charge in [0.05, 0.1) is 18.7 Å². The van der Waals surface area contributed by atoms with Gasteiger partial charge in [-0.05, 0) is 17.7 Å². The molecule has 0 fully saturated rings. The number of rotatable bonds is 7. The molecule has 0 radical (unpaired) electrons. The number of ether oxygens (including phenoxy) is 1. The van der Waals surface area contributed by atoms with Gasteiger partial charge in [0.15, 0.2) is 11.6 Å². The van der Waals surface area contributed by atoms with Crippen LogP contribution >= 0.6 is 24.0 Å². The number of benzene rings is 1. The van der Waals surface area contributed by atoms with Crippen LogP contribution in [0.3, 0.4) is 0 Å². The van der Waals surface area contributed by atoms with E-state index in [2.05, 4.69) is 36.0 Å². The van der Waals surface area contributed by atoms with Gasteiger partial charge >= 0.3 is 0 Å². The van der Waals surface area contributed by atoms with E-state index in [0.29, 0.717) is 19.6 Å². The number of aryl methyl sites for hydroxylation is 1. The molecule has 28 heavy (non-hydrogen) atoms. The number of aliphatic imine (C=N–C) groups is 1. The molecule has 0 aliphatic heterocycles. The second kappa shape index (κ2) is 10.6. The zero-order chi connectivity index (χ0) is 19.1. The summed E-state index contributed by atoms with van der Waals surface area (Å²) in [6.07, 6.45) is 3.30. The van der Waals surface area contributed by atoms with Crippen LogP contribution in [0.4, 0.5) is 5.82 Å². The molecule has 10 heteroatoms. The molecule has 3 N–H and O–H groups in total. The highest BCUT2D eigenvalue weighted by Crippen LogP contribution is 2.17. The van der Waals surface area contributed by atoms with Gasteiger partial charge in [0.2, 0.25) is 0 Å². The van der Waals surface area contributed by atoms with Crippen LogP contribution in [-0.4, -0.2) is 53.0 Å². The Kier molecular flexibility index (Phi) is 8.23. The Morgan fingerprint density at radius 2 is 1.93 bits per heavy atom. The summed E-state index contributed by atoms with van der Waals surface area (Å²) in [6, 6.07) is 7.93. The van der Waals surface area contributed by atoms with E-state index < -0.39 is 0 Å². The summed E-state index contributed by atoms with van der Waals surface area (Å²) in [7, 11) is 5.27. The third kappa shape index (κ3) is 5.44. The molecule has 3 rings (SSSR count). The van der Waals surface area contributed by atoms with Crippen molar-refractivity contribution in [2.45, 2.75) is 6.54 Å². The zero-order valence-corrected chi connectivity index (χ0v) is 18.5. The van der Waals surface area contributed by atoms with Crippen molar-refractivity contribution >= 4 is 46.8 Å². The van der Waals surface area contributed by atoms with E-state index >= 15 is 0 Å². The molecule has 1 aromatic carbocycles. The van der Waals surface area contributed by atoms with E-state index in [9.17, 15) is 0 Å². The SMILES string of the molecule is CN=C(NCCNc1ncnc2c1cnn2C)NCc1ccc(OC)cc1.I. The van der Waals surface area contributed by atoms with Gasteiger partial charge in [0.1, 0.15) is 17.9 Å². The maximum Gasteiger partial charge on any atom is 0.191 e. The second-order valence-corrected chi connectivity index (χ2v) is 5.86. The normalized spacial score (nSPS) is 11.0. The highest BCUT2D eigenvalue weighted by molar-refractivity contribution is 14.0. The Labute approximate surface area is 181 Å². The standard InChI is InChI=1S/C18H24N8O.HI/c1-19-18(22-10-13-4-6-14(27-3)7-5-13)21-9-8-20-16-15-11-25-26(2)17(15)24-12-23-16;/h4-7,11-12H,8-10H2,1-3H3,(H2,19,21,22)(H,20,23,24);1H. The highest BCUT2D eigenvalue weighted by Gasteiger charge is 2.07. The first-order chi connectivity index (χ1) is 13.2. The quantitative estimate of drug-likeness (QED) is 0.198. The molecular formula is C18H25IN8O. The lowest BCUT2D eigenvalue weighted by Crippen LogP contribution is -2.39. The number of anilines is 1. The van der Waals surface area contributed by atoms with E-state index in [-0.39, 0.29) is 24.0 Å². The average molecular weight is 496 g/mol. The number of methoxy groups -OCH3 is 1. The number of guanidine groups is 1. The Morgan fingerprint density at radius 3 is 2.64 bits per heavy atom. The Bertz CT molecular complexity index is 910. The number of nitrogens with zero attached hydrogens (tertiary/aromatic N) is 5. The number of hydrogen-bond donors (Lipinski definition) is 3. The summed E-state index contributed by atoms with van der Waals surface area (Å²) in [5.74, 6) is 2.36. The summed E-state index contributed by atoms with van der Waals surface area (Å²) in [5.41, 5.74) is 1.95. The topological polar surface area (TPSA) is 101 Å². The Hall–Kier alpha value is -2.63.